The zero-order valence-electron chi connectivity index (χ0n) is 13.8. The van der Waals surface area contributed by atoms with E-state index in [0.29, 0.717) is 13.1 Å². The van der Waals surface area contributed by atoms with Crippen molar-refractivity contribution in [3.8, 4) is 0 Å². The fourth-order valence-electron chi connectivity index (χ4n) is 2.14. The Kier molecular flexibility index (Phi) is 7.37. The predicted octanol–water partition coefficient (Wildman–Crippen LogP) is 2.83. The second-order valence-corrected chi connectivity index (χ2v) is 5.67. The van der Waals surface area contributed by atoms with Gasteiger partial charge in [-0.2, -0.15) is 0 Å². The maximum absolute atomic E-state index is 12.3. The summed E-state index contributed by atoms with van der Waals surface area (Å²) >= 11 is 0. The van der Waals surface area contributed by atoms with Crippen LogP contribution < -0.4 is 0 Å². The highest BCUT2D eigenvalue weighted by Crippen LogP contribution is 2.08. The summed E-state index contributed by atoms with van der Waals surface area (Å²) < 4.78 is 4.74. The Morgan fingerprint density at radius 3 is 2.41 bits per heavy atom. The topological polar surface area (TPSA) is 46.6 Å². The quantitative estimate of drug-likeness (QED) is 0.575. The summed E-state index contributed by atoms with van der Waals surface area (Å²) in [7, 11) is 1.37. The van der Waals surface area contributed by atoms with Crippen molar-refractivity contribution in [3.63, 3.8) is 0 Å². The minimum absolute atomic E-state index is 0.0633. The second-order valence-electron chi connectivity index (χ2n) is 5.67. The Morgan fingerprint density at radius 2 is 1.86 bits per heavy atom. The molecule has 0 spiro atoms. The first-order valence-electron chi connectivity index (χ1n) is 7.49. The molecule has 120 valence electrons. The lowest BCUT2D eigenvalue weighted by Gasteiger charge is -2.24. The summed E-state index contributed by atoms with van der Waals surface area (Å²) in [4.78, 5) is 25.6. The van der Waals surface area contributed by atoms with E-state index in [1.165, 1.54) is 12.7 Å². The molecule has 4 heteroatoms. The van der Waals surface area contributed by atoms with Gasteiger partial charge in [-0.1, -0.05) is 42.8 Å². The molecule has 0 radical (unpaired) electrons. The number of allylic oxidation sites excluding steroid dienone is 1. The van der Waals surface area contributed by atoms with Gasteiger partial charge in [0.15, 0.2) is 0 Å². The number of carbonyl (C=O) groups excluding carboxylic acids is 2. The fourth-order valence-corrected chi connectivity index (χ4v) is 2.14. The number of carbonyl (C=O) groups is 2. The van der Waals surface area contributed by atoms with Crippen LogP contribution in [0.4, 0.5) is 0 Å². The average molecular weight is 303 g/mol. The average Bonchev–Trinajstić information content (AvgIpc) is 2.50. The summed E-state index contributed by atoms with van der Waals surface area (Å²) in [6.07, 6.45) is 2.37. The van der Waals surface area contributed by atoms with Crippen LogP contribution in [0.1, 0.15) is 26.3 Å². The molecule has 1 unspecified atom stereocenters. The lowest BCUT2D eigenvalue weighted by Crippen LogP contribution is -2.37. The zero-order chi connectivity index (χ0) is 16.5. The van der Waals surface area contributed by atoms with Crippen LogP contribution in [0.3, 0.4) is 0 Å². The summed E-state index contributed by atoms with van der Waals surface area (Å²) in [5, 5.41) is 0. The SMILES string of the molecule is COC(=O)C(C)CN(CCc1ccccc1)C(=O)C=C(C)C. The van der Waals surface area contributed by atoms with Crippen molar-refractivity contribution >= 4 is 11.9 Å². The van der Waals surface area contributed by atoms with Crippen LogP contribution in [0.15, 0.2) is 42.0 Å². The van der Waals surface area contributed by atoms with Crippen LogP contribution in [0.25, 0.3) is 0 Å². The Bertz CT molecular complexity index is 518. The number of nitrogens with zero attached hydrogens (tertiary/aromatic N) is 1. The molecular formula is C18H25NO3. The molecule has 0 saturated carbocycles. The van der Waals surface area contributed by atoms with Crippen molar-refractivity contribution < 1.29 is 14.3 Å². The molecule has 0 heterocycles. The monoisotopic (exact) mass is 303 g/mol. The van der Waals surface area contributed by atoms with Gasteiger partial charge in [0.25, 0.3) is 0 Å². The molecule has 0 fully saturated rings. The molecule has 1 atom stereocenters. The van der Waals surface area contributed by atoms with Gasteiger partial charge in [-0.05, 0) is 25.8 Å². The van der Waals surface area contributed by atoms with E-state index in [9.17, 15) is 9.59 Å². The molecule has 1 aromatic rings. The number of esters is 1. The number of methoxy groups -OCH3 is 1. The molecular weight excluding hydrogens is 278 g/mol. The first kappa shape index (κ1) is 18.0. The first-order chi connectivity index (χ1) is 10.4. The third-order valence-electron chi connectivity index (χ3n) is 3.33. The van der Waals surface area contributed by atoms with Crippen LogP contribution in [0.5, 0.6) is 0 Å². The maximum atomic E-state index is 12.3. The molecule has 1 amide bonds. The third kappa shape index (κ3) is 6.12. The van der Waals surface area contributed by atoms with Crippen LogP contribution in [-0.2, 0) is 20.7 Å². The standard InChI is InChI=1S/C18H25NO3/c1-14(2)12-17(20)19(13-15(3)18(21)22-4)11-10-16-8-6-5-7-9-16/h5-9,12,15H,10-11,13H2,1-4H3. The Hall–Kier alpha value is -2.10. The van der Waals surface area contributed by atoms with E-state index in [4.69, 9.17) is 4.74 Å². The van der Waals surface area contributed by atoms with E-state index in [-0.39, 0.29) is 17.8 Å². The fraction of sp³-hybridized carbons (Fsp3) is 0.444. The van der Waals surface area contributed by atoms with Gasteiger partial charge in [-0.3, -0.25) is 9.59 Å². The zero-order valence-corrected chi connectivity index (χ0v) is 13.8. The summed E-state index contributed by atoms with van der Waals surface area (Å²) in [6, 6.07) is 10.00. The Balaban J connectivity index is 2.75. The molecule has 1 aromatic carbocycles. The minimum Gasteiger partial charge on any atom is -0.469 e. The number of hydrogen-bond donors (Lipinski definition) is 0. The molecule has 0 aliphatic rings. The lowest BCUT2D eigenvalue weighted by atomic mass is 10.1. The smallest absolute Gasteiger partial charge is 0.310 e. The highest BCUT2D eigenvalue weighted by molar-refractivity contribution is 5.88. The third-order valence-corrected chi connectivity index (χ3v) is 3.33. The predicted molar refractivity (Wildman–Crippen MR) is 87.3 cm³/mol. The van der Waals surface area contributed by atoms with Gasteiger partial charge in [0.2, 0.25) is 5.91 Å². The van der Waals surface area contributed by atoms with E-state index in [0.717, 1.165) is 12.0 Å². The number of benzene rings is 1. The summed E-state index contributed by atoms with van der Waals surface area (Å²) in [6.45, 7) is 6.49. The number of rotatable bonds is 7. The van der Waals surface area contributed by atoms with Gasteiger partial charge in [0.05, 0.1) is 13.0 Å². The molecule has 0 aliphatic carbocycles. The summed E-state index contributed by atoms with van der Waals surface area (Å²) in [5.41, 5.74) is 2.11. The number of amides is 1. The van der Waals surface area contributed by atoms with Gasteiger partial charge >= 0.3 is 5.97 Å². The van der Waals surface area contributed by atoms with Crippen molar-refractivity contribution in [2.75, 3.05) is 20.2 Å². The molecule has 0 saturated heterocycles. The highest BCUT2D eigenvalue weighted by atomic mass is 16.5. The Labute approximate surface area is 132 Å². The van der Waals surface area contributed by atoms with Gasteiger partial charge in [-0.25, -0.2) is 0 Å². The van der Waals surface area contributed by atoms with Crippen molar-refractivity contribution in [2.45, 2.75) is 27.2 Å². The molecule has 4 nitrogen and oxygen atoms in total. The number of hydrogen-bond acceptors (Lipinski definition) is 3. The van der Waals surface area contributed by atoms with Gasteiger partial charge in [-0.15, -0.1) is 0 Å². The van der Waals surface area contributed by atoms with Crippen molar-refractivity contribution in [2.24, 2.45) is 5.92 Å². The normalized spacial score (nSPS) is 11.5. The van der Waals surface area contributed by atoms with Gasteiger partial charge in [0.1, 0.15) is 0 Å². The van der Waals surface area contributed by atoms with Crippen molar-refractivity contribution in [1.82, 2.24) is 4.90 Å². The van der Waals surface area contributed by atoms with Crippen LogP contribution in [0, 0.1) is 5.92 Å². The van der Waals surface area contributed by atoms with Crippen LogP contribution in [0.2, 0.25) is 0 Å². The second kappa shape index (κ2) is 9.03. The van der Waals surface area contributed by atoms with E-state index in [1.807, 2.05) is 44.2 Å². The molecule has 0 N–H and O–H groups in total. The van der Waals surface area contributed by atoms with Crippen LogP contribution >= 0.6 is 0 Å². The van der Waals surface area contributed by atoms with Crippen LogP contribution in [-0.4, -0.2) is 37.0 Å². The minimum atomic E-state index is -0.338. The molecule has 0 bridgehead atoms. The van der Waals surface area contributed by atoms with E-state index >= 15 is 0 Å². The van der Waals surface area contributed by atoms with Crippen molar-refractivity contribution in [3.05, 3.63) is 47.5 Å². The molecule has 22 heavy (non-hydrogen) atoms. The lowest BCUT2D eigenvalue weighted by molar-refractivity contribution is -0.146. The highest BCUT2D eigenvalue weighted by Gasteiger charge is 2.20. The van der Waals surface area contributed by atoms with Crippen molar-refractivity contribution in [1.29, 1.82) is 0 Å². The molecule has 1 rings (SSSR count). The molecule has 0 aliphatic heterocycles. The molecule has 0 aromatic heterocycles. The number of ether oxygens (including phenoxy) is 1. The Morgan fingerprint density at radius 1 is 1.23 bits per heavy atom. The maximum Gasteiger partial charge on any atom is 0.310 e. The summed E-state index contributed by atoms with van der Waals surface area (Å²) in [5.74, 6) is -0.698. The van der Waals surface area contributed by atoms with E-state index in [2.05, 4.69) is 0 Å². The first-order valence-corrected chi connectivity index (χ1v) is 7.49. The van der Waals surface area contributed by atoms with E-state index in [1.54, 1.807) is 17.9 Å². The van der Waals surface area contributed by atoms with Gasteiger partial charge < -0.3 is 9.64 Å². The van der Waals surface area contributed by atoms with Gasteiger partial charge in [0, 0.05) is 19.2 Å². The van der Waals surface area contributed by atoms with E-state index < -0.39 is 0 Å². The largest absolute Gasteiger partial charge is 0.469 e.